The number of alkyl halides is 4. The molecule has 0 bridgehead atoms. The quantitative estimate of drug-likeness (QED) is 0.0831. The second kappa shape index (κ2) is 26.8. The zero-order valence-electron chi connectivity index (χ0n) is 48.3. The normalized spacial score (nSPS) is 17.6. The highest BCUT2D eigenvalue weighted by Gasteiger charge is 2.48. The molecular weight excluding hydrogens is 1170 g/mol. The number of pyridine rings is 2. The molecule has 0 unspecified atom stereocenters. The Morgan fingerprint density at radius 2 is 0.933 bits per heavy atom. The topological polar surface area (TPSA) is 301 Å². The van der Waals surface area contributed by atoms with Crippen molar-refractivity contribution < 1.29 is 65.4 Å². The highest BCUT2D eigenvalue weighted by molar-refractivity contribution is 6.12. The maximum absolute atomic E-state index is 14.1. The molecule has 4 aliphatic rings. The van der Waals surface area contributed by atoms with Crippen LogP contribution in [0.5, 0.6) is 0 Å². The monoisotopic (exact) mass is 1230 g/mol. The van der Waals surface area contributed by atoms with Gasteiger partial charge in [0.2, 0.25) is 35.4 Å². The Hall–Kier alpha value is -10.6. The number of amides is 9. The van der Waals surface area contributed by atoms with E-state index in [-0.39, 0.29) is 122 Å². The van der Waals surface area contributed by atoms with Gasteiger partial charge in [-0.2, -0.15) is 10.5 Å². The lowest BCUT2D eigenvalue weighted by atomic mass is 9.98. The molecule has 464 valence electrons. The van der Waals surface area contributed by atoms with E-state index >= 15 is 0 Å². The Kier molecular flexibility index (Phi) is 18.6. The van der Waals surface area contributed by atoms with Gasteiger partial charge >= 0.3 is 6.09 Å². The number of para-hydroxylation sites is 2. The number of fused-ring (bicyclic) bond motifs is 5. The zero-order chi connectivity index (χ0) is 63.9. The van der Waals surface area contributed by atoms with Crippen LogP contribution in [0, 0.1) is 22.7 Å². The van der Waals surface area contributed by atoms with E-state index in [0.717, 1.165) is 32.1 Å². The van der Waals surface area contributed by atoms with Crippen LogP contribution in [-0.4, -0.2) is 184 Å². The van der Waals surface area contributed by atoms with E-state index in [4.69, 9.17) is 4.74 Å². The number of aromatic nitrogens is 2. The van der Waals surface area contributed by atoms with E-state index < -0.39 is 116 Å². The van der Waals surface area contributed by atoms with E-state index in [2.05, 4.69) is 31.2 Å². The van der Waals surface area contributed by atoms with Crippen LogP contribution in [0.4, 0.5) is 33.7 Å². The molecule has 90 heavy (non-hydrogen) atoms. The Balaban J connectivity index is 0.779. The summed E-state index contributed by atoms with van der Waals surface area (Å²) >= 11 is 0. The number of nitrogens with zero attached hydrogens (tertiary/aromatic N) is 9. The van der Waals surface area contributed by atoms with Crippen LogP contribution in [0.1, 0.15) is 76.3 Å². The number of nitriles is 2. The summed E-state index contributed by atoms with van der Waals surface area (Å²) in [5, 5.41) is 29.5. The minimum absolute atomic E-state index is 0.00729. The van der Waals surface area contributed by atoms with Crippen LogP contribution in [0.25, 0.3) is 32.9 Å². The van der Waals surface area contributed by atoms with E-state index in [1.807, 2.05) is 48.5 Å². The summed E-state index contributed by atoms with van der Waals surface area (Å²) < 4.78 is 62.1. The molecule has 23 nitrogen and oxygen atoms in total. The SMILES string of the molecule is N#C[C@@H]1CC(F)(F)CN1C(=O)CNC(=O)c1ccnc2c(NC(=O)CCC(=O)N3CCN(C(=O)CCC(=O)Nc4cccc5c(C(=O)NCC(=O)N6CC(F)(F)C[C@H]6C#N)ccnc45)CCN(C(=O)OCC4c5ccccc5-c5ccccc54)CC3)cccc12. The van der Waals surface area contributed by atoms with Gasteiger partial charge in [-0.25, -0.2) is 22.4 Å². The lowest BCUT2D eigenvalue weighted by molar-refractivity contribution is -0.135. The fourth-order valence-electron chi connectivity index (χ4n) is 11.7. The maximum Gasteiger partial charge on any atom is 0.409 e. The summed E-state index contributed by atoms with van der Waals surface area (Å²) in [7, 11) is 0. The van der Waals surface area contributed by atoms with Crippen molar-refractivity contribution in [2.24, 2.45) is 0 Å². The summed E-state index contributed by atoms with van der Waals surface area (Å²) in [5.74, 6) is -12.2. The lowest BCUT2D eigenvalue weighted by Crippen LogP contribution is -2.43. The van der Waals surface area contributed by atoms with Gasteiger partial charge in [0, 0.05) is 107 Å². The first-order chi connectivity index (χ1) is 43.2. The van der Waals surface area contributed by atoms with Crippen molar-refractivity contribution in [1.29, 1.82) is 10.5 Å². The molecule has 0 spiro atoms. The van der Waals surface area contributed by atoms with Crippen LogP contribution in [0.3, 0.4) is 0 Å². The number of nitrogens with one attached hydrogen (secondary N) is 4. The third-order valence-corrected chi connectivity index (χ3v) is 16.2. The van der Waals surface area contributed by atoms with Gasteiger partial charge in [0.15, 0.2) is 0 Å². The average molecular weight is 1230 g/mol. The largest absolute Gasteiger partial charge is 0.448 e. The molecule has 1 aliphatic carbocycles. The van der Waals surface area contributed by atoms with Crippen molar-refractivity contribution in [2.45, 2.75) is 68.4 Å². The van der Waals surface area contributed by atoms with Crippen LogP contribution in [0.15, 0.2) is 109 Å². The fourth-order valence-corrected chi connectivity index (χ4v) is 11.7. The molecule has 6 aromatic rings. The summed E-state index contributed by atoms with van der Waals surface area (Å²) in [6.07, 6.45) is -1.04. The fraction of sp³-hybridized carbons (Fsp3) is 0.349. The van der Waals surface area contributed by atoms with Crippen molar-refractivity contribution >= 4 is 86.5 Å². The Morgan fingerprint density at radius 1 is 0.522 bits per heavy atom. The predicted octanol–water partition coefficient (Wildman–Crippen LogP) is 5.82. The van der Waals surface area contributed by atoms with Gasteiger partial charge in [0.1, 0.15) is 18.7 Å². The molecule has 4 aromatic carbocycles. The molecule has 3 saturated heterocycles. The number of carbonyl (C=O) groups excluding carboxylic acids is 9. The number of benzene rings is 4. The maximum atomic E-state index is 14.1. The number of ether oxygens (including phenoxy) is 1. The number of hydrogen-bond donors (Lipinski definition) is 4. The molecule has 5 heterocycles. The molecule has 4 N–H and O–H groups in total. The molecule has 2 aromatic heterocycles. The Morgan fingerprint density at radius 3 is 1.36 bits per heavy atom. The third kappa shape index (κ3) is 14.0. The van der Waals surface area contributed by atoms with Gasteiger partial charge in [-0.15, -0.1) is 0 Å². The highest BCUT2D eigenvalue weighted by atomic mass is 19.3. The number of carbonyl (C=O) groups is 9. The smallest absolute Gasteiger partial charge is 0.409 e. The van der Waals surface area contributed by atoms with Gasteiger partial charge in [-0.3, -0.25) is 48.3 Å². The second-order valence-corrected chi connectivity index (χ2v) is 22.1. The predicted molar refractivity (Wildman–Crippen MR) is 315 cm³/mol. The second-order valence-electron chi connectivity index (χ2n) is 22.1. The molecule has 9 amide bonds. The third-order valence-electron chi connectivity index (χ3n) is 16.2. The van der Waals surface area contributed by atoms with E-state index in [0.29, 0.717) is 0 Å². The molecule has 0 radical (unpaired) electrons. The lowest BCUT2D eigenvalue weighted by Gasteiger charge is -2.26. The number of rotatable bonds is 16. The van der Waals surface area contributed by atoms with Crippen molar-refractivity contribution in [3.8, 4) is 23.3 Å². The van der Waals surface area contributed by atoms with Gasteiger partial charge in [-0.1, -0.05) is 72.8 Å². The molecule has 2 atom stereocenters. The van der Waals surface area contributed by atoms with Crippen LogP contribution in [-0.2, 0) is 33.5 Å². The Bertz CT molecular complexity index is 3710. The molecular formula is C63H59F4N13O10. The Labute approximate surface area is 511 Å². The van der Waals surface area contributed by atoms with E-state index in [1.165, 1.54) is 51.4 Å². The molecule has 27 heteroatoms. The van der Waals surface area contributed by atoms with E-state index in [1.54, 1.807) is 36.4 Å². The number of likely N-dealkylation sites (tertiary alicyclic amines) is 2. The van der Waals surface area contributed by atoms with Crippen molar-refractivity contribution in [1.82, 2.24) is 45.1 Å². The van der Waals surface area contributed by atoms with Crippen molar-refractivity contribution in [3.05, 3.63) is 132 Å². The first-order valence-electron chi connectivity index (χ1n) is 28.9. The summed E-state index contributed by atoms with van der Waals surface area (Å²) in [5.41, 5.74) is 4.84. The van der Waals surface area contributed by atoms with Crippen LogP contribution >= 0.6 is 0 Å². The van der Waals surface area contributed by atoms with Crippen LogP contribution in [0.2, 0.25) is 0 Å². The summed E-state index contributed by atoms with van der Waals surface area (Å²) in [6.45, 7) is -3.34. The van der Waals surface area contributed by atoms with Gasteiger partial charge in [-0.05, 0) is 46.5 Å². The highest BCUT2D eigenvalue weighted by Crippen LogP contribution is 2.45. The van der Waals surface area contributed by atoms with Gasteiger partial charge < -0.3 is 50.5 Å². The number of hydrogen-bond acceptors (Lipinski definition) is 14. The van der Waals surface area contributed by atoms with E-state index in [9.17, 15) is 71.2 Å². The first-order valence-corrected chi connectivity index (χ1v) is 28.9. The van der Waals surface area contributed by atoms with Crippen LogP contribution < -0.4 is 21.3 Å². The first kappa shape index (κ1) is 62.5. The minimum atomic E-state index is -3.25. The zero-order valence-corrected chi connectivity index (χ0v) is 48.3. The molecule has 0 saturated carbocycles. The van der Waals surface area contributed by atoms with Crippen molar-refractivity contribution in [2.75, 3.05) is 82.7 Å². The molecule has 3 fully saturated rings. The van der Waals surface area contributed by atoms with Gasteiger partial charge in [0.05, 0.1) is 71.9 Å². The minimum Gasteiger partial charge on any atom is -0.448 e. The van der Waals surface area contributed by atoms with Gasteiger partial charge in [0.25, 0.3) is 23.7 Å². The van der Waals surface area contributed by atoms with Crippen molar-refractivity contribution in [3.63, 3.8) is 0 Å². The molecule has 3 aliphatic heterocycles. The standard InChI is InChI=1S/C63H59F4N13O10/c64-62(65)29-38(31-68)79(36-62)55(85)33-72-59(87)46-19-21-70-57-44(46)11-5-13-49(57)74-51(81)15-17-53(83)76-23-24-77(26-28-78(27-25-76)61(89)90-35-48-42-9-3-1-7-40(42)41-8-2-4-10-43(41)48)54(84)18-16-52(82)75-50-14-6-12-45-47(20-22-71-58(45)50)60(88)73-34-56(86)80-37-63(66,67)30-39(80)32-69/h1-14,19-22,38-39,48H,15-18,23-30,33-37H2,(H,72,87)(H,73,88)(H,74,81)(H,75,82)/t38-,39-/m0/s1. The summed E-state index contributed by atoms with van der Waals surface area (Å²) in [4.78, 5) is 136. The number of halogens is 4. The average Bonchev–Trinajstić information content (AvgIpc) is 1.55. The molecule has 10 rings (SSSR count). The number of anilines is 2. The summed E-state index contributed by atoms with van der Waals surface area (Å²) in [6, 6.07) is 28.3.